The average molecular weight is 190 g/mol. The molecule has 6 nitrogen and oxygen atoms in total. The summed E-state index contributed by atoms with van der Waals surface area (Å²) < 4.78 is 4.79. The van der Waals surface area contributed by atoms with Crippen molar-refractivity contribution in [2.75, 3.05) is 0 Å². The number of ether oxygens (including phenoxy) is 1. The third kappa shape index (κ3) is 8.61. The monoisotopic (exact) mass is 190 g/mol. The Hall–Kier alpha value is -1.30. The Bertz CT molecular complexity index is 197. The van der Waals surface area contributed by atoms with Crippen LogP contribution in [0, 0.1) is 0 Å². The predicted octanol–water partition coefficient (Wildman–Crippen LogP) is 0.494. The molecule has 0 saturated carbocycles. The number of carbonyl (C=O) groups excluding carboxylic acids is 2. The highest BCUT2D eigenvalue weighted by Crippen LogP contribution is 2.05. The molecule has 13 heavy (non-hydrogen) atoms. The Kier molecular flexibility index (Phi) is 4.19. The molecule has 2 amide bonds. The lowest BCUT2D eigenvalue weighted by molar-refractivity contribution is -0.137. The van der Waals surface area contributed by atoms with E-state index in [4.69, 9.17) is 4.74 Å². The number of nitrogens with one attached hydrogen (secondary N) is 2. The summed E-state index contributed by atoms with van der Waals surface area (Å²) in [5.74, 6) is -0.420. The molecule has 6 heteroatoms. The van der Waals surface area contributed by atoms with Crippen LogP contribution in [-0.4, -0.2) is 17.6 Å². The number of rotatable bonds is 2. The minimum Gasteiger partial charge on any atom is -0.442 e. The molecule has 0 aliphatic rings. The number of hydrogen-bond acceptors (Lipinski definition) is 4. The molecule has 2 N–H and O–H groups in total. The predicted molar refractivity (Wildman–Crippen MR) is 44.3 cm³/mol. The molecular formula is C7H14N2O4. The fourth-order valence-corrected chi connectivity index (χ4v) is 0.438. The standard InChI is InChI=1S/C7H14N2O4/c1-5(10)8-13-9-6(11)12-7(2,3)4/h1-4H3,(H,8,10)(H,9,11). The van der Waals surface area contributed by atoms with Gasteiger partial charge in [-0.05, 0) is 20.8 Å². The van der Waals surface area contributed by atoms with Crippen molar-refractivity contribution in [3.63, 3.8) is 0 Å². The SMILES string of the molecule is CC(=O)NONC(=O)OC(C)(C)C. The molecule has 0 rings (SSSR count). The van der Waals surface area contributed by atoms with Gasteiger partial charge in [-0.15, -0.1) is 0 Å². The van der Waals surface area contributed by atoms with Crippen LogP contribution in [0.2, 0.25) is 0 Å². The molecule has 0 saturated heterocycles. The molecule has 0 aliphatic carbocycles. The van der Waals surface area contributed by atoms with E-state index >= 15 is 0 Å². The molecular weight excluding hydrogens is 176 g/mol. The van der Waals surface area contributed by atoms with E-state index in [0.29, 0.717) is 0 Å². The largest absolute Gasteiger partial charge is 0.442 e. The number of hydrogen-bond donors (Lipinski definition) is 2. The van der Waals surface area contributed by atoms with Crippen molar-refractivity contribution in [2.24, 2.45) is 0 Å². The first kappa shape index (κ1) is 11.7. The summed E-state index contributed by atoms with van der Waals surface area (Å²) in [5, 5.41) is 0. The highest BCUT2D eigenvalue weighted by Gasteiger charge is 2.15. The van der Waals surface area contributed by atoms with E-state index in [1.807, 2.05) is 11.0 Å². The molecule has 0 fully saturated rings. The zero-order valence-electron chi connectivity index (χ0n) is 8.13. The van der Waals surface area contributed by atoms with Crippen molar-refractivity contribution in [2.45, 2.75) is 33.3 Å². The lowest BCUT2D eigenvalue weighted by Crippen LogP contribution is -2.37. The summed E-state index contributed by atoms with van der Waals surface area (Å²) in [6.45, 7) is 6.39. The van der Waals surface area contributed by atoms with Gasteiger partial charge in [-0.25, -0.2) is 10.3 Å². The minimum absolute atomic E-state index is 0.420. The maximum atomic E-state index is 10.8. The first-order valence-electron chi connectivity index (χ1n) is 3.72. The number of carbonyl (C=O) groups is 2. The lowest BCUT2D eigenvalue weighted by Gasteiger charge is -2.18. The van der Waals surface area contributed by atoms with Crippen LogP contribution in [0.3, 0.4) is 0 Å². The van der Waals surface area contributed by atoms with Crippen LogP contribution in [0.15, 0.2) is 0 Å². The summed E-state index contributed by atoms with van der Waals surface area (Å²) >= 11 is 0. The van der Waals surface area contributed by atoms with Gasteiger partial charge in [0.2, 0.25) is 5.91 Å². The first-order chi connectivity index (χ1) is 5.81. The van der Waals surface area contributed by atoms with Gasteiger partial charge in [-0.1, -0.05) is 0 Å². The van der Waals surface area contributed by atoms with Gasteiger partial charge >= 0.3 is 6.09 Å². The van der Waals surface area contributed by atoms with E-state index in [1.54, 1.807) is 20.8 Å². The van der Waals surface area contributed by atoms with E-state index in [0.717, 1.165) is 0 Å². The Morgan fingerprint density at radius 1 is 1.15 bits per heavy atom. The van der Waals surface area contributed by atoms with Gasteiger partial charge in [0.1, 0.15) is 5.60 Å². The minimum atomic E-state index is -0.763. The van der Waals surface area contributed by atoms with E-state index in [9.17, 15) is 9.59 Å². The zero-order chi connectivity index (χ0) is 10.5. The number of hydroxylamine groups is 2. The molecule has 0 aliphatic heterocycles. The Morgan fingerprint density at radius 2 is 1.69 bits per heavy atom. The fraction of sp³-hybridized carbons (Fsp3) is 0.714. The molecule has 0 heterocycles. The van der Waals surface area contributed by atoms with Crippen LogP contribution in [-0.2, 0) is 14.5 Å². The topological polar surface area (TPSA) is 76.7 Å². The molecule has 0 bridgehead atoms. The van der Waals surface area contributed by atoms with E-state index < -0.39 is 17.6 Å². The summed E-state index contributed by atoms with van der Waals surface area (Å²) in [6.07, 6.45) is -0.763. The Labute approximate surface area is 76.5 Å². The molecule has 0 aromatic rings. The molecule has 0 spiro atoms. The van der Waals surface area contributed by atoms with E-state index in [-0.39, 0.29) is 0 Å². The summed E-state index contributed by atoms with van der Waals surface area (Å²) in [7, 11) is 0. The van der Waals surface area contributed by atoms with Crippen LogP contribution in [0.25, 0.3) is 0 Å². The zero-order valence-corrected chi connectivity index (χ0v) is 8.13. The van der Waals surface area contributed by atoms with Gasteiger partial charge in [0.25, 0.3) is 0 Å². The molecule has 0 radical (unpaired) electrons. The van der Waals surface area contributed by atoms with Crippen LogP contribution in [0.1, 0.15) is 27.7 Å². The van der Waals surface area contributed by atoms with Crippen molar-refractivity contribution < 1.29 is 19.3 Å². The smallest absolute Gasteiger partial charge is 0.433 e. The molecule has 0 unspecified atom stereocenters. The van der Waals surface area contributed by atoms with Crippen molar-refractivity contribution in [3.8, 4) is 0 Å². The summed E-state index contributed by atoms with van der Waals surface area (Å²) in [6, 6.07) is 0. The van der Waals surface area contributed by atoms with E-state index in [1.165, 1.54) is 6.92 Å². The van der Waals surface area contributed by atoms with Gasteiger partial charge in [-0.3, -0.25) is 4.79 Å². The van der Waals surface area contributed by atoms with Crippen LogP contribution in [0.5, 0.6) is 0 Å². The fourth-order valence-electron chi connectivity index (χ4n) is 0.438. The van der Waals surface area contributed by atoms with Crippen LogP contribution >= 0.6 is 0 Å². The Morgan fingerprint density at radius 3 is 2.08 bits per heavy atom. The third-order valence-corrected chi connectivity index (χ3v) is 0.728. The molecule has 0 atom stereocenters. The van der Waals surface area contributed by atoms with Crippen molar-refractivity contribution in [3.05, 3.63) is 0 Å². The molecule has 0 aromatic heterocycles. The van der Waals surface area contributed by atoms with Crippen molar-refractivity contribution in [1.29, 1.82) is 0 Å². The summed E-state index contributed by atoms with van der Waals surface area (Å²) in [4.78, 5) is 25.4. The second-order valence-electron chi connectivity index (χ2n) is 3.36. The van der Waals surface area contributed by atoms with Gasteiger partial charge in [0, 0.05) is 6.92 Å². The van der Waals surface area contributed by atoms with Gasteiger partial charge < -0.3 is 4.74 Å². The lowest BCUT2D eigenvalue weighted by atomic mass is 10.2. The van der Waals surface area contributed by atoms with Crippen molar-refractivity contribution in [1.82, 2.24) is 11.0 Å². The number of amides is 2. The molecule has 0 aromatic carbocycles. The van der Waals surface area contributed by atoms with Crippen LogP contribution in [0.4, 0.5) is 4.79 Å². The Balaban J connectivity index is 3.59. The quantitative estimate of drug-likeness (QED) is 0.621. The second-order valence-corrected chi connectivity index (χ2v) is 3.36. The third-order valence-electron chi connectivity index (χ3n) is 0.728. The van der Waals surface area contributed by atoms with E-state index in [2.05, 4.69) is 4.94 Å². The summed E-state index contributed by atoms with van der Waals surface area (Å²) in [5.41, 5.74) is 3.20. The molecule has 76 valence electrons. The highest BCUT2D eigenvalue weighted by atomic mass is 16.8. The van der Waals surface area contributed by atoms with Crippen LogP contribution < -0.4 is 11.0 Å². The maximum absolute atomic E-state index is 10.8. The maximum Gasteiger partial charge on any atom is 0.433 e. The first-order valence-corrected chi connectivity index (χ1v) is 3.72. The normalized spacial score (nSPS) is 10.5. The van der Waals surface area contributed by atoms with Gasteiger partial charge in [0.15, 0.2) is 0 Å². The van der Waals surface area contributed by atoms with Crippen molar-refractivity contribution >= 4 is 12.0 Å². The van der Waals surface area contributed by atoms with Gasteiger partial charge in [-0.2, -0.15) is 10.4 Å². The highest BCUT2D eigenvalue weighted by molar-refractivity contribution is 5.72. The average Bonchev–Trinajstić information content (AvgIpc) is 1.81. The second kappa shape index (κ2) is 4.66. The van der Waals surface area contributed by atoms with Gasteiger partial charge in [0.05, 0.1) is 0 Å².